The van der Waals surface area contributed by atoms with Gasteiger partial charge in [0.25, 0.3) is 5.43 Å². The Bertz CT molecular complexity index is 561. The van der Waals surface area contributed by atoms with Gasteiger partial charge in [-0.1, -0.05) is 12.1 Å². The van der Waals surface area contributed by atoms with E-state index in [1.165, 1.54) is 12.1 Å². The first-order valence-corrected chi connectivity index (χ1v) is 3.73. The largest absolute Gasteiger partial charge is 0.458 e. The Morgan fingerprint density at radius 1 is 1.36 bits per heavy atom. The highest BCUT2D eigenvalue weighted by molar-refractivity contribution is 5.76. The molecule has 14 heavy (non-hydrogen) atoms. The van der Waals surface area contributed by atoms with Crippen molar-refractivity contribution in [2.45, 2.75) is 0 Å². The van der Waals surface area contributed by atoms with E-state index in [-0.39, 0.29) is 11.0 Å². The van der Waals surface area contributed by atoms with Crippen LogP contribution in [0.5, 0.6) is 0 Å². The molecule has 1 aromatic carbocycles. The van der Waals surface area contributed by atoms with Gasteiger partial charge in [-0.15, -0.1) is 0 Å². The number of fused-ring (bicyclic) bond motifs is 1. The molecule has 0 aliphatic carbocycles. The zero-order valence-electron chi connectivity index (χ0n) is 6.84. The zero-order valence-corrected chi connectivity index (χ0v) is 6.84. The number of rotatable bonds is 1. The third kappa shape index (κ3) is 1.13. The van der Waals surface area contributed by atoms with Crippen LogP contribution in [0.25, 0.3) is 11.0 Å². The summed E-state index contributed by atoms with van der Waals surface area (Å²) in [6.07, 6.45) is 0. The van der Waals surface area contributed by atoms with Gasteiger partial charge in [0.1, 0.15) is 0 Å². The van der Waals surface area contributed by atoms with Gasteiger partial charge in [-0.25, -0.2) is 0 Å². The average Bonchev–Trinajstić information content (AvgIpc) is 2.18. The minimum Gasteiger partial charge on any atom is -0.358 e. The second-order valence-corrected chi connectivity index (χ2v) is 2.59. The second kappa shape index (κ2) is 2.91. The molecule has 0 radical (unpaired) electrons. The summed E-state index contributed by atoms with van der Waals surface area (Å²) in [5.74, 6) is -0.788. The minimum atomic E-state index is -0.863. The molecule has 1 aromatic heterocycles. The summed E-state index contributed by atoms with van der Waals surface area (Å²) in [6, 6.07) is 6.23. The van der Waals surface area contributed by atoms with Gasteiger partial charge in [0, 0.05) is 0 Å². The molecular weight excluding hydrogens is 188 g/mol. The Hall–Kier alpha value is -2.24. The van der Waals surface area contributed by atoms with Crippen LogP contribution in [0.2, 0.25) is 0 Å². The summed E-state index contributed by atoms with van der Waals surface area (Å²) in [6.45, 7) is 0. The number of hydrogen-bond acceptors (Lipinski definition) is 5. The van der Waals surface area contributed by atoms with Crippen molar-refractivity contribution >= 4 is 16.8 Å². The summed E-state index contributed by atoms with van der Waals surface area (Å²) < 4.78 is 4.69. The smallest absolute Gasteiger partial charge is 0.358 e. The molecule has 0 aliphatic rings. The number of nitro groups is 1. The van der Waals surface area contributed by atoms with Crippen LogP contribution in [0.4, 0.5) is 5.82 Å². The topological polar surface area (TPSA) is 86.2 Å². The van der Waals surface area contributed by atoms with Crippen LogP contribution in [0.15, 0.2) is 33.6 Å². The molecule has 0 unspecified atom stereocenters. The monoisotopic (exact) mass is 192 g/mol. The molecule has 0 saturated carbocycles. The van der Waals surface area contributed by atoms with Gasteiger partial charge in [0.15, 0.2) is 10.7 Å². The molecule has 0 saturated heterocycles. The highest BCUT2D eigenvalue weighted by atomic mass is 16.6. The fourth-order valence-corrected chi connectivity index (χ4v) is 1.10. The lowest BCUT2D eigenvalue weighted by molar-refractivity contribution is -0.393. The molecule has 0 spiro atoms. The minimum absolute atomic E-state index is 0.161. The van der Waals surface area contributed by atoms with E-state index in [0.29, 0.717) is 0 Å². The Morgan fingerprint density at radius 3 is 2.79 bits per heavy atom. The molecule has 2 rings (SSSR count). The molecule has 6 nitrogen and oxygen atoms in total. The van der Waals surface area contributed by atoms with Gasteiger partial charge >= 0.3 is 5.82 Å². The molecule has 0 bridgehead atoms. The standard InChI is InChI=1S/C8H4N2O4/c11-7-5-3-1-2-4-6(5)14-9-8(7)10(12)13/h1-4H. The number of nitrogens with zero attached hydrogens (tertiary/aromatic N) is 2. The quantitative estimate of drug-likeness (QED) is 0.498. The average molecular weight is 192 g/mol. The molecule has 6 heteroatoms. The van der Waals surface area contributed by atoms with Crippen LogP contribution in [-0.4, -0.2) is 10.1 Å². The fraction of sp³-hybridized carbons (Fsp3) is 0. The maximum atomic E-state index is 11.4. The van der Waals surface area contributed by atoms with Crippen molar-refractivity contribution < 1.29 is 9.45 Å². The number of para-hydroxylation sites is 1. The fourth-order valence-electron chi connectivity index (χ4n) is 1.10. The van der Waals surface area contributed by atoms with Crippen molar-refractivity contribution in [1.29, 1.82) is 0 Å². The number of hydrogen-bond donors (Lipinski definition) is 0. The summed E-state index contributed by atoms with van der Waals surface area (Å²) in [4.78, 5) is 20.9. The van der Waals surface area contributed by atoms with Crippen molar-refractivity contribution in [3.8, 4) is 0 Å². The Balaban J connectivity index is 2.89. The van der Waals surface area contributed by atoms with Gasteiger partial charge < -0.3 is 10.1 Å². The number of benzene rings is 1. The molecule has 0 fully saturated rings. The van der Waals surface area contributed by atoms with E-state index < -0.39 is 16.2 Å². The van der Waals surface area contributed by atoms with Crippen LogP contribution in [-0.2, 0) is 0 Å². The molecule has 1 heterocycles. The molecule has 2 aromatic rings. The van der Waals surface area contributed by atoms with E-state index in [4.69, 9.17) is 4.52 Å². The molecule has 0 amide bonds. The number of aromatic nitrogens is 1. The summed E-state index contributed by atoms with van der Waals surface area (Å²) >= 11 is 0. The maximum absolute atomic E-state index is 11.4. The van der Waals surface area contributed by atoms with Crippen molar-refractivity contribution in [2.75, 3.05) is 0 Å². The van der Waals surface area contributed by atoms with Gasteiger partial charge in [-0.2, -0.15) is 0 Å². The Kier molecular flexibility index (Phi) is 1.74. The lowest BCUT2D eigenvalue weighted by atomic mass is 10.2. The summed E-state index contributed by atoms with van der Waals surface area (Å²) in [5, 5.41) is 13.6. The zero-order chi connectivity index (χ0) is 10.1. The second-order valence-electron chi connectivity index (χ2n) is 2.59. The molecule has 0 aliphatic heterocycles. The lowest BCUT2D eigenvalue weighted by Crippen LogP contribution is -2.09. The van der Waals surface area contributed by atoms with E-state index in [1.807, 2.05) is 0 Å². The normalized spacial score (nSPS) is 10.3. The summed E-state index contributed by atoms with van der Waals surface area (Å²) in [7, 11) is 0. The Labute approximate surface area is 76.9 Å². The first-order valence-electron chi connectivity index (χ1n) is 3.73. The van der Waals surface area contributed by atoms with Crippen molar-refractivity contribution in [3.05, 3.63) is 44.6 Å². The van der Waals surface area contributed by atoms with Gasteiger partial charge in [0.05, 0.1) is 5.39 Å². The van der Waals surface area contributed by atoms with E-state index in [1.54, 1.807) is 12.1 Å². The van der Waals surface area contributed by atoms with Gasteiger partial charge in [-0.05, 0) is 17.1 Å². The first kappa shape index (κ1) is 8.36. The van der Waals surface area contributed by atoms with E-state index in [9.17, 15) is 14.9 Å². The van der Waals surface area contributed by atoms with E-state index in [2.05, 4.69) is 5.16 Å². The maximum Gasteiger partial charge on any atom is 0.458 e. The van der Waals surface area contributed by atoms with Crippen LogP contribution in [0.3, 0.4) is 0 Å². The van der Waals surface area contributed by atoms with Crippen LogP contribution >= 0.6 is 0 Å². The molecule has 0 N–H and O–H groups in total. The van der Waals surface area contributed by atoms with E-state index in [0.717, 1.165) is 0 Å². The van der Waals surface area contributed by atoms with Crippen LogP contribution in [0, 0.1) is 10.1 Å². The first-order chi connectivity index (χ1) is 6.70. The van der Waals surface area contributed by atoms with Crippen LogP contribution < -0.4 is 5.43 Å². The predicted molar refractivity (Wildman–Crippen MR) is 46.9 cm³/mol. The SMILES string of the molecule is O=c1c([N+](=O)[O-])noc2ccccc12. The molecular formula is C8H4N2O4. The summed E-state index contributed by atoms with van der Waals surface area (Å²) in [5.41, 5.74) is -0.486. The Morgan fingerprint density at radius 2 is 2.07 bits per heavy atom. The van der Waals surface area contributed by atoms with Crippen molar-refractivity contribution in [3.63, 3.8) is 0 Å². The third-order valence-corrected chi connectivity index (χ3v) is 1.74. The van der Waals surface area contributed by atoms with Crippen LogP contribution in [0.1, 0.15) is 0 Å². The van der Waals surface area contributed by atoms with Crippen molar-refractivity contribution in [1.82, 2.24) is 5.16 Å². The van der Waals surface area contributed by atoms with Gasteiger partial charge in [-0.3, -0.25) is 9.32 Å². The highest BCUT2D eigenvalue weighted by Crippen LogP contribution is 2.10. The van der Waals surface area contributed by atoms with E-state index >= 15 is 0 Å². The predicted octanol–water partition coefficient (Wildman–Crippen LogP) is 1.10. The van der Waals surface area contributed by atoms with Crippen molar-refractivity contribution in [2.24, 2.45) is 0 Å². The molecule has 0 atom stereocenters. The van der Waals surface area contributed by atoms with Gasteiger partial charge in [0.2, 0.25) is 0 Å². The lowest BCUT2D eigenvalue weighted by Gasteiger charge is -1.91. The molecule has 70 valence electrons. The highest BCUT2D eigenvalue weighted by Gasteiger charge is 2.18. The third-order valence-electron chi connectivity index (χ3n) is 1.74.